The number of hydrogen-bond donors (Lipinski definition) is 4. The molecule has 3 unspecified atom stereocenters. The topological polar surface area (TPSA) is 89.8 Å². The maximum absolute atomic E-state index is 12.5. The lowest BCUT2D eigenvalue weighted by atomic mass is 10.0. The van der Waals surface area contributed by atoms with E-state index in [1.807, 2.05) is 6.08 Å². The third-order valence-corrected chi connectivity index (χ3v) is 14.1. The molecule has 0 bridgehead atoms. The van der Waals surface area contributed by atoms with Gasteiger partial charge < -0.3 is 20.6 Å². The van der Waals surface area contributed by atoms with Gasteiger partial charge in [-0.3, -0.25) is 4.79 Å². The fraction of sp³-hybridized carbons (Fsp3) is 0.857. The highest BCUT2D eigenvalue weighted by Gasteiger charge is 2.20. The zero-order valence-corrected chi connectivity index (χ0v) is 45.7. The SMILES string of the molecule is CCCCCCCCCCCCC/C=C\C/C=C\CCCCCCCCCCCCCCCCCC(O)CC(=O)NC(CO)C(O)/C=C/CC/C=C/CCCCCCCCCCCCCCCC. The molecule has 5 nitrogen and oxygen atoms in total. The van der Waals surface area contributed by atoms with Crippen LogP contribution in [0.3, 0.4) is 0 Å². The molecule has 0 aromatic rings. The Bertz CT molecular complexity index is 1100. The predicted octanol–water partition coefficient (Wildman–Crippen LogP) is 19.2. The van der Waals surface area contributed by atoms with Gasteiger partial charge in [-0.2, -0.15) is 0 Å². The first-order valence-corrected chi connectivity index (χ1v) is 30.4. The lowest BCUT2D eigenvalue weighted by Crippen LogP contribution is -2.45. The van der Waals surface area contributed by atoms with Crippen LogP contribution in [0.25, 0.3) is 0 Å². The molecular formula is C63H119NO4. The average Bonchev–Trinajstić information content (AvgIpc) is 3.33. The van der Waals surface area contributed by atoms with E-state index in [0.717, 1.165) is 38.5 Å². The number of allylic oxidation sites excluding steroid dienone is 7. The highest BCUT2D eigenvalue weighted by molar-refractivity contribution is 5.76. The summed E-state index contributed by atoms with van der Waals surface area (Å²) in [4.78, 5) is 12.5. The summed E-state index contributed by atoms with van der Waals surface area (Å²) in [7, 11) is 0. The summed E-state index contributed by atoms with van der Waals surface area (Å²) in [6.45, 7) is 4.23. The molecule has 0 aliphatic carbocycles. The van der Waals surface area contributed by atoms with Gasteiger partial charge in [0, 0.05) is 0 Å². The molecule has 0 radical (unpaired) electrons. The third kappa shape index (κ3) is 53.7. The number of nitrogens with one attached hydrogen (secondary N) is 1. The molecule has 400 valence electrons. The molecule has 0 aromatic heterocycles. The van der Waals surface area contributed by atoms with E-state index < -0.39 is 18.2 Å². The van der Waals surface area contributed by atoms with E-state index in [0.29, 0.717) is 6.42 Å². The molecule has 0 spiro atoms. The predicted molar refractivity (Wildman–Crippen MR) is 301 cm³/mol. The van der Waals surface area contributed by atoms with E-state index in [1.165, 1.54) is 257 Å². The van der Waals surface area contributed by atoms with E-state index in [1.54, 1.807) is 6.08 Å². The Labute approximate surface area is 425 Å². The molecule has 0 heterocycles. The normalized spacial score (nSPS) is 13.5. The fourth-order valence-corrected chi connectivity index (χ4v) is 9.45. The molecule has 0 saturated heterocycles. The van der Waals surface area contributed by atoms with Gasteiger partial charge in [0.2, 0.25) is 5.91 Å². The van der Waals surface area contributed by atoms with Crippen molar-refractivity contribution in [3.05, 3.63) is 48.6 Å². The van der Waals surface area contributed by atoms with Crippen LogP contribution in [0.4, 0.5) is 0 Å². The molecule has 0 saturated carbocycles. The lowest BCUT2D eigenvalue weighted by molar-refractivity contribution is -0.124. The van der Waals surface area contributed by atoms with Crippen LogP contribution in [0, 0.1) is 0 Å². The van der Waals surface area contributed by atoms with Gasteiger partial charge in [0.05, 0.1) is 31.3 Å². The second-order valence-electron chi connectivity index (χ2n) is 21.0. The Morgan fingerprint density at radius 1 is 0.382 bits per heavy atom. The van der Waals surface area contributed by atoms with Crippen molar-refractivity contribution in [2.24, 2.45) is 0 Å². The van der Waals surface area contributed by atoms with Crippen LogP contribution in [0.15, 0.2) is 48.6 Å². The fourth-order valence-electron chi connectivity index (χ4n) is 9.45. The highest BCUT2D eigenvalue weighted by atomic mass is 16.3. The number of amides is 1. The van der Waals surface area contributed by atoms with Crippen molar-refractivity contribution >= 4 is 5.91 Å². The van der Waals surface area contributed by atoms with E-state index in [9.17, 15) is 20.1 Å². The largest absolute Gasteiger partial charge is 0.394 e. The van der Waals surface area contributed by atoms with Gasteiger partial charge in [-0.25, -0.2) is 0 Å². The minimum Gasteiger partial charge on any atom is -0.394 e. The Morgan fingerprint density at radius 3 is 1.03 bits per heavy atom. The van der Waals surface area contributed by atoms with Crippen LogP contribution in [-0.2, 0) is 4.79 Å². The summed E-state index contributed by atoms with van der Waals surface area (Å²) in [6.07, 6.45) is 77.5. The van der Waals surface area contributed by atoms with Crippen LogP contribution in [0.5, 0.6) is 0 Å². The molecule has 1 amide bonds. The summed E-state index contributed by atoms with van der Waals surface area (Å²) in [5.74, 6) is -0.322. The van der Waals surface area contributed by atoms with Gasteiger partial charge in [0.1, 0.15) is 0 Å². The monoisotopic (exact) mass is 954 g/mol. The van der Waals surface area contributed by atoms with Gasteiger partial charge in [-0.1, -0.05) is 300 Å². The molecule has 5 heteroatoms. The van der Waals surface area contributed by atoms with Crippen LogP contribution in [0.2, 0.25) is 0 Å². The first-order valence-electron chi connectivity index (χ1n) is 30.4. The molecule has 0 aliphatic heterocycles. The summed E-state index contributed by atoms with van der Waals surface area (Å²) >= 11 is 0. The Kier molecular flexibility index (Phi) is 56.4. The van der Waals surface area contributed by atoms with Crippen molar-refractivity contribution in [1.29, 1.82) is 0 Å². The van der Waals surface area contributed by atoms with Gasteiger partial charge in [-0.15, -0.1) is 0 Å². The standard InChI is InChI=1S/C63H119NO4/c1-3-5-7-9-11-13-15-17-19-21-23-25-26-27-28-29-30-31-32-33-34-35-36-37-38-40-42-44-46-48-50-52-54-56-60(66)58-63(68)64-61(59-65)62(67)57-55-53-51-49-47-45-43-41-39-24-22-20-18-16-14-12-10-8-6-4-2/h26-27,29-30,47,49,55,57,60-62,65-67H,3-25,28,31-46,48,50-54,56,58-59H2,1-2H3,(H,64,68)/b27-26-,30-29-,49-47+,57-55+. The molecule has 0 aliphatic rings. The number of aliphatic hydroxyl groups excluding tert-OH is 3. The quantitative estimate of drug-likeness (QED) is 0.0361. The van der Waals surface area contributed by atoms with Gasteiger partial charge in [0.25, 0.3) is 0 Å². The maximum Gasteiger partial charge on any atom is 0.222 e. The van der Waals surface area contributed by atoms with E-state index in [4.69, 9.17) is 0 Å². The highest BCUT2D eigenvalue weighted by Crippen LogP contribution is 2.17. The van der Waals surface area contributed by atoms with Gasteiger partial charge in [-0.05, 0) is 64.2 Å². The molecule has 4 N–H and O–H groups in total. The number of carbonyl (C=O) groups is 1. The smallest absolute Gasteiger partial charge is 0.222 e. The van der Waals surface area contributed by atoms with E-state index >= 15 is 0 Å². The van der Waals surface area contributed by atoms with Crippen LogP contribution < -0.4 is 5.32 Å². The summed E-state index contributed by atoms with van der Waals surface area (Å²) in [6, 6.07) is -0.763. The second kappa shape index (κ2) is 57.9. The Hall–Kier alpha value is -1.69. The van der Waals surface area contributed by atoms with Crippen LogP contribution in [0.1, 0.15) is 322 Å². The van der Waals surface area contributed by atoms with Crippen molar-refractivity contribution in [1.82, 2.24) is 5.32 Å². The summed E-state index contributed by atoms with van der Waals surface area (Å²) in [5, 5.41) is 33.5. The molecular weight excluding hydrogens is 835 g/mol. The average molecular weight is 955 g/mol. The number of rotatable bonds is 56. The van der Waals surface area contributed by atoms with Crippen molar-refractivity contribution < 1.29 is 20.1 Å². The van der Waals surface area contributed by atoms with Crippen LogP contribution in [-0.4, -0.2) is 46.1 Å². The number of unbranched alkanes of at least 4 members (excludes halogenated alkanes) is 41. The Morgan fingerprint density at radius 2 is 0.676 bits per heavy atom. The lowest BCUT2D eigenvalue weighted by Gasteiger charge is -2.21. The second-order valence-corrected chi connectivity index (χ2v) is 21.0. The van der Waals surface area contributed by atoms with Crippen molar-refractivity contribution in [3.63, 3.8) is 0 Å². The summed E-state index contributed by atoms with van der Waals surface area (Å²) in [5.41, 5.74) is 0. The summed E-state index contributed by atoms with van der Waals surface area (Å²) < 4.78 is 0. The van der Waals surface area contributed by atoms with E-state index in [-0.39, 0.29) is 18.9 Å². The molecule has 0 rings (SSSR count). The van der Waals surface area contributed by atoms with Crippen molar-refractivity contribution in [2.75, 3.05) is 6.61 Å². The maximum atomic E-state index is 12.5. The number of hydrogen-bond acceptors (Lipinski definition) is 4. The molecule has 0 fully saturated rings. The zero-order valence-electron chi connectivity index (χ0n) is 45.7. The molecule has 0 aromatic carbocycles. The Balaban J connectivity index is 3.56. The molecule has 3 atom stereocenters. The third-order valence-electron chi connectivity index (χ3n) is 14.1. The van der Waals surface area contributed by atoms with Crippen molar-refractivity contribution in [3.8, 4) is 0 Å². The minimum absolute atomic E-state index is 0.00639. The van der Waals surface area contributed by atoms with Crippen molar-refractivity contribution in [2.45, 2.75) is 340 Å². The molecule has 68 heavy (non-hydrogen) atoms. The minimum atomic E-state index is -0.953. The van der Waals surface area contributed by atoms with Gasteiger partial charge in [0.15, 0.2) is 0 Å². The van der Waals surface area contributed by atoms with E-state index in [2.05, 4.69) is 55.6 Å². The number of aliphatic hydroxyl groups is 3. The zero-order chi connectivity index (χ0) is 49.3. The first-order chi connectivity index (χ1) is 33.5. The first kappa shape index (κ1) is 66.3. The van der Waals surface area contributed by atoms with Crippen LogP contribution >= 0.6 is 0 Å². The van der Waals surface area contributed by atoms with Gasteiger partial charge >= 0.3 is 0 Å². The number of carbonyl (C=O) groups excluding carboxylic acids is 1.